The number of hydrogen-bond acceptors (Lipinski definition) is 5. The zero-order chi connectivity index (χ0) is 18.7. The van der Waals surface area contributed by atoms with Crippen molar-refractivity contribution in [3.63, 3.8) is 0 Å². The number of thiazole rings is 1. The van der Waals surface area contributed by atoms with Gasteiger partial charge in [-0.2, -0.15) is 0 Å². The Morgan fingerprint density at radius 1 is 1.19 bits per heavy atom. The van der Waals surface area contributed by atoms with Crippen LogP contribution in [0.5, 0.6) is 0 Å². The summed E-state index contributed by atoms with van der Waals surface area (Å²) in [5.74, 6) is -0.714. The van der Waals surface area contributed by atoms with Gasteiger partial charge in [-0.05, 0) is 44.0 Å². The molecule has 0 atom stereocenters. The van der Waals surface area contributed by atoms with Gasteiger partial charge in [-0.15, -0.1) is 11.3 Å². The van der Waals surface area contributed by atoms with Crippen molar-refractivity contribution in [2.75, 3.05) is 6.61 Å². The van der Waals surface area contributed by atoms with E-state index in [9.17, 15) is 9.59 Å². The van der Waals surface area contributed by atoms with Crippen LogP contribution in [0, 0.1) is 13.8 Å². The number of carbonyl (C=O) groups excluding carboxylic acids is 2. The standard InChI is InChI=1S/C20H20N2O3S/c1-4-15-5-7-16(8-6-15)19(24)25-12-18(23)17-11-13(2)22(14(17)3)20-21-9-10-26-20/h5-11H,4,12H2,1-3H3. The normalized spacial score (nSPS) is 10.7. The molecule has 2 aromatic heterocycles. The zero-order valence-corrected chi connectivity index (χ0v) is 15.8. The molecule has 0 saturated carbocycles. The van der Waals surface area contributed by atoms with Gasteiger partial charge in [0.25, 0.3) is 0 Å². The van der Waals surface area contributed by atoms with Crippen LogP contribution in [0.15, 0.2) is 41.9 Å². The van der Waals surface area contributed by atoms with Crippen LogP contribution in [0.25, 0.3) is 5.13 Å². The summed E-state index contributed by atoms with van der Waals surface area (Å²) in [5.41, 5.74) is 3.86. The van der Waals surface area contributed by atoms with Crippen LogP contribution < -0.4 is 0 Å². The summed E-state index contributed by atoms with van der Waals surface area (Å²) in [6.45, 7) is 5.56. The average Bonchev–Trinajstić information content (AvgIpc) is 3.27. The number of esters is 1. The predicted octanol–water partition coefficient (Wildman–Crippen LogP) is 4.15. The van der Waals surface area contributed by atoms with Crippen LogP contribution in [0.3, 0.4) is 0 Å². The van der Waals surface area contributed by atoms with Crippen molar-refractivity contribution in [2.24, 2.45) is 0 Å². The molecule has 1 aromatic carbocycles. The Kier molecular flexibility index (Phi) is 5.32. The lowest BCUT2D eigenvalue weighted by molar-refractivity contribution is 0.0474. The van der Waals surface area contributed by atoms with Gasteiger partial charge in [-0.3, -0.25) is 9.36 Å². The molecule has 2 heterocycles. The molecule has 5 nitrogen and oxygen atoms in total. The smallest absolute Gasteiger partial charge is 0.338 e. The van der Waals surface area contributed by atoms with Gasteiger partial charge in [0.15, 0.2) is 11.7 Å². The van der Waals surface area contributed by atoms with E-state index in [1.807, 2.05) is 48.9 Å². The first-order chi connectivity index (χ1) is 12.5. The van der Waals surface area contributed by atoms with E-state index in [1.54, 1.807) is 18.3 Å². The van der Waals surface area contributed by atoms with Crippen molar-refractivity contribution in [1.82, 2.24) is 9.55 Å². The van der Waals surface area contributed by atoms with Crippen molar-refractivity contribution in [2.45, 2.75) is 27.2 Å². The van der Waals surface area contributed by atoms with Gasteiger partial charge in [0, 0.05) is 28.5 Å². The summed E-state index contributed by atoms with van der Waals surface area (Å²) >= 11 is 1.50. The Labute approximate surface area is 156 Å². The number of hydrogen-bond donors (Lipinski definition) is 0. The van der Waals surface area contributed by atoms with E-state index in [0.29, 0.717) is 11.1 Å². The van der Waals surface area contributed by atoms with Crippen LogP contribution >= 0.6 is 11.3 Å². The number of ketones is 1. The highest BCUT2D eigenvalue weighted by Crippen LogP contribution is 2.22. The Bertz CT molecular complexity index is 925. The van der Waals surface area contributed by atoms with Crippen molar-refractivity contribution in [3.05, 3.63) is 70.0 Å². The van der Waals surface area contributed by atoms with E-state index in [1.165, 1.54) is 11.3 Å². The molecule has 6 heteroatoms. The van der Waals surface area contributed by atoms with E-state index >= 15 is 0 Å². The number of nitrogens with zero attached hydrogens (tertiary/aromatic N) is 2. The van der Waals surface area contributed by atoms with E-state index < -0.39 is 5.97 Å². The molecule has 0 aliphatic rings. The average molecular weight is 368 g/mol. The van der Waals surface area contributed by atoms with Crippen molar-refractivity contribution in [3.8, 4) is 5.13 Å². The molecule has 0 aliphatic heterocycles. The Morgan fingerprint density at radius 2 is 1.92 bits per heavy atom. The second-order valence-electron chi connectivity index (χ2n) is 5.98. The van der Waals surface area contributed by atoms with Gasteiger partial charge < -0.3 is 4.74 Å². The number of ether oxygens (including phenoxy) is 1. The molecule has 0 unspecified atom stereocenters. The molecule has 3 aromatic rings. The van der Waals surface area contributed by atoms with E-state index in [-0.39, 0.29) is 12.4 Å². The second kappa shape index (κ2) is 7.66. The lowest BCUT2D eigenvalue weighted by atomic mass is 10.1. The van der Waals surface area contributed by atoms with Crippen LogP contribution in [-0.2, 0) is 11.2 Å². The van der Waals surface area contributed by atoms with Crippen LogP contribution in [0.1, 0.15) is 44.6 Å². The number of carbonyl (C=O) groups is 2. The molecule has 0 spiro atoms. The van der Waals surface area contributed by atoms with Gasteiger partial charge in [-0.1, -0.05) is 19.1 Å². The first-order valence-electron chi connectivity index (χ1n) is 8.39. The molecule has 26 heavy (non-hydrogen) atoms. The number of aryl methyl sites for hydroxylation is 2. The molecule has 0 fully saturated rings. The van der Waals surface area contributed by atoms with Gasteiger partial charge in [0.1, 0.15) is 0 Å². The van der Waals surface area contributed by atoms with Gasteiger partial charge in [0.05, 0.1) is 5.56 Å². The Hall–Kier alpha value is -2.73. The third kappa shape index (κ3) is 3.60. The summed E-state index contributed by atoms with van der Waals surface area (Å²) in [6.07, 6.45) is 2.63. The van der Waals surface area contributed by atoms with Gasteiger partial charge >= 0.3 is 5.97 Å². The quantitative estimate of drug-likeness (QED) is 0.484. The number of benzene rings is 1. The van der Waals surface area contributed by atoms with Crippen molar-refractivity contribution < 1.29 is 14.3 Å². The second-order valence-corrected chi connectivity index (χ2v) is 6.86. The molecule has 0 amide bonds. The molecular weight excluding hydrogens is 348 g/mol. The summed E-state index contributed by atoms with van der Waals surface area (Å²) in [5, 5.41) is 2.70. The van der Waals surface area contributed by atoms with E-state index in [0.717, 1.165) is 28.5 Å². The highest BCUT2D eigenvalue weighted by Gasteiger charge is 2.19. The maximum atomic E-state index is 12.5. The molecular formula is C20H20N2O3S. The Balaban J connectivity index is 1.70. The SMILES string of the molecule is CCc1ccc(C(=O)OCC(=O)c2cc(C)n(-c3nccs3)c2C)cc1. The highest BCUT2D eigenvalue weighted by atomic mass is 32.1. The van der Waals surface area contributed by atoms with E-state index in [2.05, 4.69) is 4.98 Å². The molecule has 3 rings (SSSR count). The van der Waals surface area contributed by atoms with E-state index in [4.69, 9.17) is 4.74 Å². The van der Waals surface area contributed by atoms with Crippen molar-refractivity contribution in [1.29, 1.82) is 0 Å². The zero-order valence-electron chi connectivity index (χ0n) is 15.0. The van der Waals surface area contributed by atoms with Gasteiger partial charge in [-0.25, -0.2) is 9.78 Å². The molecule has 0 aliphatic carbocycles. The number of aromatic nitrogens is 2. The molecule has 0 saturated heterocycles. The minimum Gasteiger partial charge on any atom is -0.454 e. The Morgan fingerprint density at radius 3 is 2.54 bits per heavy atom. The predicted molar refractivity (Wildman–Crippen MR) is 101 cm³/mol. The first-order valence-corrected chi connectivity index (χ1v) is 9.27. The fourth-order valence-corrected chi connectivity index (χ4v) is 3.59. The molecule has 0 bridgehead atoms. The highest BCUT2D eigenvalue weighted by molar-refractivity contribution is 7.12. The summed E-state index contributed by atoms with van der Waals surface area (Å²) in [6, 6.07) is 9.03. The third-order valence-corrected chi connectivity index (χ3v) is 5.03. The lowest BCUT2D eigenvalue weighted by Crippen LogP contribution is -2.15. The summed E-state index contributed by atoms with van der Waals surface area (Å²) in [4.78, 5) is 29.0. The lowest BCUT2D eigenvalue weighted by Gasteiger charge is -2.07. The number of rotatable bonds is 6. The van der Waals surface area contributed by atoms with Gasteiger partial charge in [0.2, 0.25) is 5.78 Å². The summed E-state index contributed by atoms with van der Waals surface area (Å²) < 4.78 is 7.14. The fraction of sp³-hybridized carbons (Fsp3) is 0.250. The minimum absolute atomic E-state index is 0.223. The number of Topliss-reactive ketones (excluding diaryl/α,β-unsaturated/α-hetero) is 1. The summed E-state index contributed by atoms with van der Waals surface area (Å²) in [7, 11) is 0. The third-order valence-electron chi connectivity index (χ3n) is 4.27. The minimum atomic E-state index is -0.491. The fourth-order valence-electron chi connectivity index (χ4n) is 2.83. The molecule has 0 N–H and O–H groups in total. The molecule has 134 valence electrons. The van der Waals surface area contributed by atoms with Crippen LogP contribution in [0.2, 0.25) is 0 Å². The molecule has 0 radical (unpaired) electrons. The first kappa shape index (κ1) is 18.1. The van der Waals surface area contributed by atoms with Crippen LogP contribution in [-0.4, -0.2) is 27.9 Å². The maximum absolute atomic E-state index is 12.5. The maximum Gasteiger partial charge on any atom is 0.338 e. The monoisotopic (exact) mass is 368 g/mol. The van der Waals surface area contributed by atoms with Crippen molar-refractivity contribution >= 4 is 23.1 Å². The topological polar surface area (TPSA) is 61.2 Å². The van der Waals surface area contributed by atoms with Crippen LogP contribution in [0.4, 0.5) is 0 Å². The largest absolute Gasteiger partial charge is 0.454 e.